The van der Waals surface area contributed by atoms with Crippen molar-refractivity contribution < 1.29 is 19.1 Å². The average Bonchev–Trinajstić information content (AvgIpc) is 3.26. The monoisotopic (exact) mass is 427 g/mol. The van der Waals surface area contributed by atoms with Gasteiger partial charge in [0.2, 0.25) is 5.91 Å². The SMILES string of the molecule is CCCc1nc(C2Cc3ccccc3N2C(=O)CNC(=O)OC(C)(C)C)[nH]c1C(N)=O. The molecule has 0 fully saturated rings. The first-order chi connectivity index (χ1) is 14.6. The van der Waals surface area contributed by atoms with Crippen LogP contribution in [-0.4, -0.2) is 40.0 Å². The number of H-pyrrole nitrogens is 1. The van der Waals surface area contributed by atoms with E-state index >= 15 is 0 Å². The molecule has 2 heterocycles. The molecular weight excluding hydrogens is 398 g/mol. The van der Waals surface area contributed by atoms with E-state index < -0.39 is 23.6 Å². The standard InChI is InChI=1S/C22H29N5O4/c1-5-8-14-18(19(23)29)26-20(25-14)16-11-13-9-6-7-10-15(13)27(16)17(28)12-24-21(30)31-22(2,3)4/h6-7,9-10,16H,5,8,11-12H2,1-4H3,(H2,23,29)(H,24,30)(H,25,26). The maximum atomic E-state index is 13.1. The minimum Gasteiger partial charge on any atom is -0.444 e. The number of anilines is 1. The number of para-hydroxylation sites is 1. The van der Waals surface area contributed by atoms with Crippen molar-refractivity contribution in [3.63, 3.8) is 0 Å². The number of aryl methyl sites for hydroxylation is 1. The highest BCUT2D eigenvalue weighted by Crippen LogP contribution is 2.39. The second-order valence-electron chi connectivity index (χ2n) is 8.53. The number of imidazole rings is 1. The van der Waals surface area contributed by atoms with Gasteiger partial charge in [-0.25, -0.2) is 9.78 Å². The van der Waals surface area contributed by atoms with Gasteiger partial charge < -0.3 is 20.8 Å². The molecule has 1 aromatic carbocycles. The number of nitrogens with zero attached hydrogens (tertiary/aromatic N) is 2. The molecule has 2 aromatic rings. The summed E-state index contributed by atoms with van der Waals surface area (Å²) in [6.07, 6.45) is 1.27. The van der Waals surface area contributed by atoms with Gasteiger partial charge in [-0.15, -0.1) is 0 Å². The molecule has 0 aliphatic carbocycles. The summed E-state index contributed by atoms with van der Waals surface area (Å²) < 4.78 is 5.21. The predicted molar refractivity (Wildman–Crippen MR) is 116 cm³/mol. The van der Waals surface area contributed by atoms with E-state index in [4.69, 9.17) is 10.5 Å². The zero-order valence-electron chi connectivity index (χ0n) is 18.3. The number of rotatable bonds is 6. The number of fused-ring (bicyclic) bond motifs is 1. The van der Waals surface area contributed by atoms with Crippen LogP contribution in [0.1, 0.15) is 67.7 Å². The summed E-state index contributed by atoms with van der Waals surface area (Å²) in [6.45, 7) is 7.01. The summed E-state index contributed by atoms with van der Waals surface area (Å²) >= 11 is 0. The Kier molecular flexibility index (Phi) is 6.33. The van der Waals surface area contributed by atoms with Crippen molar-refractivity contribution in [2.45, 2.75) is 58.6 Å². The van der Waals surface area contributed by atoms with Gasteiger partial charge in [0.25, 0.3) is 5.91 Å². The third-order valence-corrected chi connectivity index (χ3v) is 4.87. The number of carbonyl (C=O) groups is 3. The zero-order chi connectivity index (χ0) is 22.8. The Morgan fingerprint density at radius 3 is 2.65 bits per heavy atom. The molecule has 1 atom stereocenters. The van der Waals surface area contributed by atoms with Crippen LogP contribution >= 0.6 is 0 Å². The Balaban J connectivity index is 1.87. The van der Waals surface area contributed by atoms with Gasteiger partial charge in [-0.3, -0.25) is 14.5 Å². The highest BCUT2D eigenvalue weighted by Gasteiger charge is 2.37. The summed E-state index contributed by atoms with van der Waals surface area (Å²) in [5.41, 5.74) is 7.45. The van der Waals surface area contributed by atoms with Gasteiger partial charge in [-0.05, 0) is 38.8 Å². The smallest absolute Gasteiger partial charge is 0.408 e. The van der Waals surface area contributed by atoms with E-state index in [0.29, 0.717) is 24.4 Å². The van der Waals surface area contributed by atoms with Gasteiger partial charge in [-0.1, -0.05) is 31.5 Å². The van der Waals surface area contributed by atoms with Gasteiger partial charge in [-0.2, -0.15) is 0 Å². The highest BCUT2D eigenvalue weighted by atomic mass is 16.6. The molecule has 166 valence electrons. The van der Waals surface area contributed by atoms with Gasteiger partial charge >= 0.3 is 6.09 Å². The van der Waals surface area contributed by atoms with E-state index in [-0.39, 0.29) is 18.1 Å². The Morgan fingerprint density at radius 2 is 2.00 bits per heavy atom. The lowest BCUT2D eigenvalue weighted by Gasteiger charge is -2.25. The van der Waals surface area contributed by atoms with E-state index in [1.165, 1.54) is 0 Å². The summed E-state index contributed by atoms with van der Waals surface area (Å²) in [6, 6.07) is 7.12. The topological polar surface area (TPSA) is 130 Å². The molecule has 1 aliphatic rings. The molecule has 9 nitrogen and oxygen atoms in total. The summed E-state index contributed by atoms with van der Waals surface area (Å²) in [7, 11) is 0. The molecule has 0 bridgehead atoms. The largest absolute Gasteiger partial charge is 0.444 e. The lowest BCUT2D eigenvalue weighted by atomic mass is 10.1. The van der Waals surface area contributed by atoms with Crippen LogP contribution in [0.4, 0.5) is 10.5 Å². The number of hydrogen-bond acceptors (Lipinski definition) is 5. The molecule has 1 aromatic heterocycles. The summed E-state index contributed by atoms with van der Waals surface area (Å²) in [4.78, 5) is 46.2. The normalized spacial score (nSPS) is 15.5. The van der Waals surface area contributed by atoms with E-state index in [2.05, 4.69) is 15.3 Å². The predicted octanol–water partition coefficient (Wildman–Crippen LogP) is 2.62. The summed E-state index contributed by atoms with van der Waals surface area (Å²) in [5.74, 6) is -0.392. The lowest BCUT2D eigenvalue weighted by Crippen LogP contribution is -2.42. The molecule has 0 spiro atoms. The van der Waals surface area contributed by atoms with E-state index in [0.717, 1.165) is 17.7 Å². The first-order valence-corrected chi connectivity index (χ1v) is 10.4. The van der Waals surface area contributed by atoms with E-state index in [1.807, 2.05) is 31.2 Å². The molecule has 3 rings (SSSR count). The molecule has 1 aliphatic heterocycles. The maximum Gasteiger partial charge on any atom is 0.408 e. The Morgan fingerprint density at radius 1 is 1.29 bits per heavy atom. The van der Waals surface area contributed by atoms with Crippen LogP contribution in [0.3, 0.4) is 0 Å². The fraction of sp³-hybridized carbons (Fsp3) is 0.455. The van der Waals surface area contributed by atoms with Crippen LogP contribution in [0.5, 0.6) is 0 Å². The average molecular weight is 428 g/mol. The number of ether oxygens (including phenoxy) is 1. The van der Waals surface area contributed by atoms with Crippen molar-refractivity contribution in [1.29, 1.82) is 0 Å². The first-order valence-electron chi connectivity index (χ1n) is 10.4. The van der Waals surface area contributed by atoms with Crippen molar-refractivity contribution in [1.82, 2.24) is 15.3 Å². The fourth-order valence-electron chi connectivity index (χ4n) is 3.67. The fourth-order valence-corrected chi connectivity index (χ4v) is 3.67. The number of alkyl carbamates (subject to hydrolysis) is 1. The molecule has 9 heteroatoms. The number of aromatic nitrogens is 2. The second kappa shape index (κ2) is 8.79. The van der Waals surface area contributed by atoms with Crippen molar-refractivity contribution >= 4 is 23.6 Å². The molecule has 0 saturated heterocycles. The minimum atomic E-state index is -0.663. The minimum absolute atomic E-state index is 0.231. The maximum absolute atomic E-state index is 13.1. The number of nitrogens with one attached hydrogen (secondary N) is 2. The third kappa shape index (κ3) is 5.04. The molecular formula is C22H29N5O4. The highest BCUT2D eigenvalue weighted by molar-refractivity contribution is 5.99. The molecule has 0 radical (unpaired) electrons. The van der Waals surface area contributed by atoms with Crippen LogP contribution in [0, 0.1) is 0 Å². The zero-order valence-corrected chi connectivity index (χ0v) is 18.3. The van der Waals surface area contributed by atoms with Gasteiger partial charge in [0.05, 0.1) is 11.7 Å². The molecule has 0 saturated carbocycles. The Bertz CT molecular complexity index is 992. The van der Waals surface area contributed by atoms with Crippen LogP contribution in [-0.2, 0) is 22.4 Å². The van der Waals surface area contributed by atoms with Crippen molar-refractivity contribution in [2.24, 2.45) is 5.73 Å². The van der Waals surface area contributed by atoms with Crippen molar-refractivity contribution in [3.05, 3.63) is 47.0 Å². The molecule has 1 unspecified atom stereocenters. The number of amides is 3. The van der Waals surface area contributed by atoms with Crippen LogP contribution in [0.2, 0.25) is 0 Å². The second-order valence-corrected chi connectivity index (χ2v) is 8.53. The van der Waals surface area contributed by atoms with Crippen molar-refractivity contribution in [2.75, 3.05) is 11.4 Å². The van der Waals surface area contributed by atoms with Gasteiger partial charge in [0, 0.05) is 12.1 Å². The third-order valence-electron chi connectivity index (χ3n) is 4.87. The molecule has 4 N–H and O–H groups in total. The Hall–Kier alpha value is -3.36. The van der Waals surface area contributed by atoms with Crippen LogP contribution < -0.4 is 16.0 Å². The molecule has 31 heavy (non-hydrogen) atoms. The van der Waals surface area contributed by atoms with Crippen LogP contribution in [0.25, 0.3) is 0 Å². The van der Waals surface area contributed by atoms with E-state index in [9.17, 15) is 14.4 Å². The number of carbonyl (C=O) groups excluding carboxylic acids is 3. The number of benzene rings is 1. The number of primary amides is 1. The number of hydrogen-bond donors (Lipinski definition) is 3. The number of aromatic amines is 1. The summed E-state index contributed by atoms with van der Waals surface area (Å²) in [5, 5.41) is 2.52. The molecule has 3 amide bonds. The Labute approximate surface area is 181 Å². The number of nitrogens with two attached hydrogens (primary N) is 1. The van der Waals surface area contributed by atoms with E-state index in [1.54, 1.807) is 25.7 Å². The van der Waals surface area contributed by atoms with Crippen LogP contribution in [0.15, 0.2) is 24.3 Å². The first kappa shape index (κ1) is 22.3. The van der Waals surface area contributed by atoms with Crippen molar-refractivity contribution in [3.8, 4) is 0 Å². The van der Waals surface area contributed by atoms with Gasteiger partial charge in [0.1, 0.15) is 23.7 Å². The lowest BCUT2D eigenvalue weighted by molar-refractivity contribution is -0.118. The van der Waals surface area contributed by atoms with Gasteiger partial charge in [0.15, 0.2) is 0 Å². The quantitative estimate of drug-likeness (QED) is 0.652.